The third-order valence-electron chi connectivity index (χ3n) is 3.17. The molecule has 0 saturated carbocycles. The quantitative estimate of drug-likeness (QED) is 0.763. The zero-order chi connectivity index (χ0) is 13.1. The Bertz CT molecular complexity index is 410. The van der Waals surface area contributed by atoms with Crippen LogP contribution in [0.4, 0.5) is 0 Å². The predicted molar refractivity (Wildman–Crippen MR) is 74.1 cm³/mol. The van der Waals surface area contributed by atoms with Gasteiger partial charge in [0.25, 0.3) is 0 Å². The van der Waals surface area contributed by atoms with Crippen molar-refractivity contribution in [1.29, 1.82) is 0 Å². The third-order valence-corrected chi connectivity index (χ3v) is 3.17. The van der Waals surface area contributed by atoms with E-state index in [4.69, 9.17) is 0 Å². The highest BCUT2D eigenvalue weighted by Gasteiger charge is 2.26. The van der Waals surface area contributed by atoms with Crippen LogP contribution in [-0.2, 0) is 6.42 Å². The fourth-order valence-corrected chi connectivity index (χ4v) is 2.04. The van der Waals surface area contributed by atoms with Gasteiger partial charge in [0.05, 0.1) is 0 Å². The zero-order valence-corrected chi connectivity index (χ0v) is 11.0. The number of benzene rings is 1. The molecule has 0 heterocycles. The van der Waals surface area contributed by atoms with Crippen molar-refractivity contribution in [3.8, 4) is 5.75 Å². The summed E-state index contributed by atoms with van der Waals surface area (Å²) < 4.78 is 0. The number of phenolic OH excluding ortho intramolecular Hbond substituents is 1. The van der Waals surface area contributed by atoms with Crippen molar-refractivity contribution in [3.63, 3.8) is 0 Å². The average Bonchev–Trinajstić information content (AvgIpc) is 2.25. The molecule has 1 aromatic rings. The van der Waals surface area contributed by atoms with Crippen LogP contribution in [-0.4, -0.2) is 5.11 Å². The lowest BCUT2D eigenvalue weighted by molar-refractivity contribution is 0.280. The van der Waals surface area contributed by atoms with Gasteiger partial charge in [0.2, 0.25) is 0 Å². The van der Waals surface area contributed by atoms with Crippen LogP contribution in [0.25, 0.3) is 0 Å². The van der Waals surface area contributed by atoms with Crippen LogP contribution in [0, 0.1) is 11.3 Å². The highest BCUT2D eigenvalue weighted by molar-refractivity contribution is 5.34. The minimum atomic E-state index is 0.105. The van der Waals surface area contributed by atoms with Crippen LogP contribution in [0.5, 0.6) is 5.75 Å². The maximum atomic E-state index is 9.82. The van der Waals surface area contributed by atoms with Crippen LogP contribution in [0.1, 0.15) is 26.3 Å². The maximum absolute atomic E-state index is 9.82. The molecular formula is C16H22O. The molecule has 0 fully saturated rings. The van der Waals surface area contributed by atoms with E-state index >= 15 is 0 Å². The Morgan fingerprint density at radius 1 is 1.35 bits per heavy atom. The summed E-state index contributed by atoms with van der Waals surface area (Å²) >= 11 is 0. The summed E-state index contributed by atoms with van der Waals surface area (Å²) in [6, 6.07) is 7.48. The van der Waals surface area contributed by atoms with Gasteiger partial charge < -0.3 is 5.11 Å². The topological polar surface area (TPSA) is 20.2 Å². The van der Waals surface area contributed by atoms with Gasteiger partial charge in [-0.05, 0) is 29.4 Å². The van der Waals surface area contributed by atoms with E-state index in [1.54, 1.807) is 6.07 Å². The van der Waals surface area contributed by atoms with Crippen molar-refractivity contribution in [3.05, 3.63) is 54.6 Å². The van der Waals surface area contributed by atoms with E-state index in [0.29, 0.717) is 5.75 Å². The maximum Gasteiger partial charge on any atom is 0.118 e. The largest absolute Gasteiger partial charge is 0.508 e. The van der Waals surface area contributed by atoms with Crippen molar-refractivity contribution in [2.75, 3.05) is 0 Å². The summed E-state index contributed by atoms with van der Waals surface area (Å²) in [6.45, 7) is 14.4. The smallest absolute Gasteiger partial charge is 0.118 e. The fraction of sp³-hybridized carbons (Fsp3) is 0.375. The number of hydrogen-bond acceptors (Lipinski definition) is 1. The molecular weight excluding hydrogens is 208 g/mol. The first-order valence-electron chi connectivity index (χ1n) is 5.94. The van der Waals surface area contributed by atoms with Gasteiger partial charge in [-0.25, -0.2) is 0 Å². The molecule has 0 bridgehead atoms. The van der Waals surface area contributed by atoms with Crippen LogP contribution < -0.4 is 0 Å². The first-order valence-corrected chi connectivity index (χ1v) is 5.94. The molecule has 1 atom stereocenters. The Balaban J connectivity index is 2.99. The zero-order valence-electron chi connectivity index (χ0n) is 11.0. The van der Waals surface area contributed by atoms with E-state index in [9.17, 15) is 5.11 Å². The Morgan fingerprint density at radius 3 is 2.41 bits per heavy atom. The summed E-state index contributed by atoms with van der Waals surface area (Å²) in [5.41, 5.74) is 2.10. The second-order valence-electron chi connectivity index (χ2n) is 5.53. The molecule has 0 aromatic heterocycles. The summed E-state index contributed by atoms with van der Waals surface area (Å²) in [5, 5.41) is 9.82. The van der Waals surface area contributed by atoms with Crippen molar-refractivity contribution in [2.24, 2.45) is 11.3 Å². The molecule has 1 rings (SSSR count). The lowest BCUT2D eigenvalue weighted by atomic mass is 9.73. The third kappa shape index (κ3) is 3.48. The van der Waals surface area contributed by atoms with Crippen LogP contribution >= 0.6 is 0 Å². The lowest BCUT2D eigenvalue weighted by Crippen LogP contribution is -2.23. The van der Waals surface area contributed by atoms with E-state index < -0.39 is 0 Å². The molecule has 0 saturated heterocycles. The van der Waals surface area contributed by atoms with Crippen LogP contribution in [0.3, 0.4) is 0 Å². The molecule has 0 aliphatic heterocycles. The minimum Gasteiger partial charge on any atom is -0.508 e. The monoisotopic (exact) mass is 230 g/mol. The Hall–Kier alpha value is -1.50. The van der Waals surface area contributed by atoms with Gasteiger partial charge in [-0.1, -0.05) is 63.8 Å². The number of para-hydroxylation sites is 1. The average molecular weight is 230 g/mol. The molecule has 1 unspecified atom stereocenters. The number of rotatable bonds is 4. The standard InChI is InChI=1S/C16H22O/c1-6-12(2)14(16(3,4)5)11-13-9-7-8-10-15(13)17/h6-10,14,17H,1-2,11H2,3-5H3. The molecule has 0 aliphatic carbocycles. The van der Waals surface area contributed by atoms with Crippen molar-refractivity contribution >= 4 is 0 Å². The highest BCUT2D eigenvalue weighted by Crippen LogP contribution is 2.36. The summed E-state index contributed by atoms with van der Waals surface area (Å²) in [7, 11) is 0. The van der Waals surface area contributed by atoms with Gasteiger partial charge in [-0.3, -0.25) is 0 Å². The number of phenols is 1. The molecule has 1 aromatic carbocycles. The molecule has 0 aliphatic rings. The predicted octanol–water partition coefficient (Wildman–Crippen LogP) is 4.34. The Labute approximate surface area is 104 Å². The summed E-state index contributed by atoms with van der Waals surface area (Å²) in [6.07, 6.45) is 2.61. The van der Waals surface area contributed by atoms with Gasteiger partial charge in [0, 0.05) is 0 Å². The van der Waals surface area contributed by atoms with E-state index in [0.717, 1.165) is 17.6 Å². The van der Waals surface area contributed by atoms with Crippen LogP contribution in [0.2, 0.25) is 0 Å². The highest BCUT2D eigenvalue weighted by atomic mass is 16.3. The number of aromatic hydroxyl groups is 1. The van der Waals surface area contributed by atoms with E-state index in [1.165, 1.54) is 0 Å². The molecule has 1 N–H and O–H groups in total. The Kier molecular flexibility index (Phi) is 4.17. The second kappa shape index (κ2) is 5.22. The van der Waals surface area contributed by atoms with Crippen molar-refractivity contribution in [2.45, 2.75) is 27.2 Å². The normalized spacial score (nSPS) is 13.1. The van der Waals surface area contributed by atoms with E-state index in [2.05, 4.69) is 33.9 Å². The van der Waals surface area contributed by atoms with Gasteiger partial charge in [0.15, 0.2) is 0 Å². The van der Waals surface area contributed by atoms with Gasteiger partial charge in [-0.2, -0.15) is 0 Å². The first-order chi connectivity index (χ1) is 7.86. The van der Waals surface area contributed by atoms with Gasteiger partial charge >= 0.3 is 0 Å². The molecule has 0 spiro atoms. The van der Waals surface area contributed by atoms with E-state index in [-0.39, 0.29) is 11.3 Å². The minimum absolute atomic E-state index is 0.105. The number of allylic oxidation sites excluding steroid dienone is 2. The van der Waals surface area contributed by atoms with Gasteiger partial charge in [-0.15, -0.1) is 0 Å². The lowest BCUT2D eigenvalue weighted by Gasteiger charge is -2.31. The first kappa shape index (κ1) is 13.6. The Morgan fingerprint density at radius 2 is 1.94 bits per heavy atom. The number of hydrogen-bond donors (Lipinski definition) is 1. The molecule has 0 amide bonds. The van der Waals surface area contributed by atoms with Gasteiger partial charge in [0.1, 0.15) is 5.75 Å². The van der Waals surface area contributed by atoms with E-state index in [1.807, 2.05) is 24.3 Å². The summed E-state index contributed by atoms with van der Waals surface area (Å²) in [4.78, 5) is 0. The van der Waals surface area contributed by atoms with Crippen molar-refractivity contribution in [1.82, 2.24) is 0 Å². The molecule has 0 radical (unpaired) electrons. The second-order valence-corrected chi connectivity index (χ2v) is 5.53. The fourth-order valence-electron chi connectivity index (χ4n) is 2.04. The molecule has 1 nitrogen and oxygen atoms in total. The SMILES string of the molecule is C=CC(=C)C(Cc1ccccc1O)C(C)(C)C. The molecule has 1 heteroatoms. The van der Waals surface area contributed by atoms with Crippen LogP contribution in [0.15, 0.2) is 49.1 Å². The summed E-state index contributed by atoms with van der Waals surface area (Å²) in [5.74, 6) is 0.645. The molecule has 17 heavy (non-hydrogen) atoms. The molecule has 92 valence electrons. The van der Waals surface area contributed by atoms with Crippen molar-refractivity contribution < 1.29 is 5.11 Å².